The van der Waals surface area contributed by atoms with E-state index in [1.165, 1.54) is 0 Å². The van der Waals surface area contributed by atoms with Gasteiger partial charge in [-0.15, -0.1) is 19.6 Å². The molecule has 82 valence electrons. The maximum Gasteiger partial charge on any atom is 0.227 e. The predicted molar refractivity (Wildman–Crippen MR) is 72.0 cm³/mol. The van der Waals surface area contributed by atoms with E-state index >= 15 is 0 Å². The van der Waals surface area contributed by atoms with Gasteiger partial charge in [0, 0.05) is 5.56 Å². The number of terminal acetylenes is 1. The third-order valence-corrected chi connectivity index (χ3v) is 5.89. The molecule has 0 saturated heterocycles. The molecule has 0 aliphatic carbocycles. The van der Waals surface area contributed by atoms with Gasteiger partial charge in [-0.05, 0) is 29.4 Å². The molecule has 1 rings (SSSR count). The Labute approximate surface area is 98.3 Å². The van der Waals surface area contributed by atoms with E-state index in [4.69, 9.17) is 6.42 Å². The molecule has 1 aromatic carbocycles. The summed E-state index contributed by atoms with van der Waals surface area (Å²) >= 11 is 0. The molecule has 0 unspecified atom stereocenters. The minimum absolute atomic E-state index is 0.633. The minimum atomic E-state index is -2.47. The summed E-state index contributed by atoms with van der Waals surface area (Å²) in [5.74, 6) is 2.56. The van der Waals surface area contributed by atoms with Gasteiger partial charge < -0.3 is 4.80 Å². The lowest BCUT2D eigenvalue weighted by Gasteiger charge is -2.22. The fourth-order valence-electron chi connectivity index (χ4n) is 1.67. The van der Waals surface area contributed by atoms with Crippen molar-refractivity contribution >= 4 is 13.5 Å². The topological polar surface area (TPSA) is 20.2 Å². The van der Waals surface area contributed by atoms with Crippen LogP contribution in [0, 0.1) is 12.3 Å². The molecule has 0 fully saturated rings. The Kier molecular flexibility index (Phi) is 4.30. The Balaban J connectivity index is 3.06. The van der Waals surface area contributed by atoms with Crippen LogP contribution in [0.4, 0.5) is 0 Å². The van der Waals surface area contributed by atoms with Gasteiger partial charge in [0.25, 0.3) is 0 Å². The number of benzene rings is 1. The number of hydrogen-bond donors (Lipinski definition) is 1. The van der Waals surface area contributed by atoms with Crippen LogP contribution in [0.15, 0.2) is 49.6 Å². The highest BCUT2D eigenvalue weighted by Crippen LogP contribution is 2.14. The van der Waals surface area contributed by atoms with Crippen LogP contribution < -0.4 is 5.19 Å². The van der Waals surface area contributed by atoms with Crippen LogP contribution in [-0.4, -0.2) is 13.1 Å². The molecular formula is C14H16OSi. The van der Waals surface area contributed by atoms with Crippen LogP contribution in [0.1, 0.15) is 5.56 Å². The third-order valence-electron chi connectivity index (χ3n) is 2.55. The molecule has 0 atom stereocenters. The minimum Gasteiger partial charge on any atom is -0.427 e. The normalized spacial score (nSPS) is 10.5. The van der Waals surface area contributed by atoms with Crippen LogP contribution in [0.3, 0.4) is 0 Å². The fourth-order valence-corrected chi connectivity index (χ4v) is 4.05. The van der Waals surface area contributed by atoms with Crippen molar-refractivity contribution in [1.82, 2.24) is 0 Å². The molecule has 1 N–H and O–H groups in total. The summed E-state index contributed by atoms with van der Waals surface area (Å²) in [4.78, 5) is 10.6. The molecular weight excluding hydrogens is 212 g/mol. The van der Waals surface area contributed by atoms with Gasteiger partial charge in [0.15, 0.2) is 0 Å². The first kappa shape index (κ1) is 12.5. The monoisotopic (exact) mass is 228 g/mol. The molecule has 0 spiro atoms. The molecule has 16 heavy (non-hydrogen) atoms. The van der Waals surface area contributed by atoms with Crippen molar-refractivity contribution in [1.29, 1.82) is 0 Å². The maximum absolute atomic E-state index is 10.6. The van der Waals surface area contributed by atoms with E-state index < -0.39 is 8.32 Å². The van der Waals surface area contributed by atoms with Gasteiger partial charge in [0.05, 0.1) is 0 Å². The van der Waals surface area contributed by atoms with Gasteiger partial charge >= 0.3 is 0 Å². The molecule has 0 aromatic heterocycles. The van der Waals surface area contributed by atoms with Crippen LogP contribution in [0.25, 0.3) is 0 Å². The highest BCUT2D eigenvalue weighted by atomic mass is 28.4. The van der Waals surface area contributed by atoms with Gasteiger partial charge in [-0.2, -0.15) is 0 Å². The fraction of sp³-hybridized carbons (Fsp3) is 0.143. The molecule has 0 bridgehead atoms. The summed E-state index contributed by atoms with van der Waals surface area (Å²) in [6, 6.07) is 8.81. The van der Waals surface area contributed by atoms with Crippen molar-refractivity contribution in [2.75, 3.05) is 0 Å². The zero-order chi connectivity index (χ0) is 12.0. The molecule has 1 aromatic rings. The Hall–Kier alpha value is -1.56. The molecule has 2 heteroatoms. The van der Waals surface area contributed by atoms with Crippen LogP contribution >= 0.6 is 0 Å². The van der Waals surface area contributed by atoms with Crippen molar-refractivity contribution in [3.05, 3.63) is 55.1 Å². The smallest absolute Gasteiger partial charge is 0.227 e. The Morgan fingerprint density at radius 2 is 1.69 bits per heavy atom. The van der Waals surface area contributed by atoms with E-state index in [9.17, 15) is 4.80 Å². The Morgan fingerprint density at radius 3 is 2.06 bits per heavy atom. The van der Waals surface area contributed by atoms with Gasteiger partial charge in [-0.1, -0.05) is 30.2 Å². The zero-order valence-corrected chi connectivity index (χ0v) is 10.3. The predicted octanol–water partition coefficient (Wildman–Crippen LogP) is 2.18. The second kappa shape index (κ2) is 5.50. The first-order valence-electron chi connectivity index (χ1n) is 5.17. The van der Waals surface area contributed by atoms with E-state index in [1.54, 1.807) is 12.2 Å². The van der Waals surface area contributed by atoms with Gasteiger partial charge in [-0.3, -0.25) is 0 Å². The van der Waals surface area contributed by atoms with Crippen molar-refractivity contribution in [2.45, 2.75) is 12.1 Å². The van der Waals surface area contributed by atoms with E-state index in [1.807, 2.05) is 24.3 Å². The summed E-state index contributed by atoms with van der Waals surface area (Å²) in [6.07, 6.45) is 8.83. The molecule has 0 saturated carbocycles. The third kappa shape index (κ3) is 2.72. The van der Waals surface area contributed by atoms with E-state index in [2.05, 4.69) is 19.1 Å². The second-order valence-corrected chi connectivity index (χ2v) is 7.20. The molecule has 0 aliphatic rings. The van der Waals surface area contributed by atoms with Crippen LogP contribution in [0.2, 0.25) is 12.1 Å². The quantitative estimate of drug-likeness (QED) is 0.465. The highest BCUT2D eigenvalue weighted by Gasteiger charge is 2.30. The summed E-state index contributed by atoms with van der Waals surface area (Å²) < 4.78 is 0. The summed E-state index contributed by atoms with van der Waals surface area (Å²) in [5, 5.41) is 0.978. The summed E-state index contributed by atoms with van der Waals surface area (Å²) in [7, 11) is -2.47. The summed E-state index contributed by atoms with van der Waals surface area (Å²) in [5.41, 5.74) is 0.831. The van der Waals surface area contributed by atoms with Crippen LogP contribution in [0.5, 0.6) is 0 Å². The first-order chi connectivity index (χ1) is 7.66. The van der Waals surface area contributed by atoms with Gasteiger partial charge in [0.2, 0.25) is 8.32 Å². The molecule has 0 aliphatic heterocycles. The largest absolute Gasteiger partial charge is 0.427 e. The zero-order valence-electron chi connectivity index (χ0n) is 9.32. The van der Waals surface area contributed by atoms with Crippen molar-refractivity contribution in [2.24, 2.45) is 0 Å². The van der Waals surface area contributed by atoms with E-state index in [0.29, 0.717) is 12.1 Å². The first-order valence-corrected chi connectivity index (χ1v) is 7.54. The SMILES string of the molecule is C#Cc1ccc([Si](O)(CC=C)CC=C)cc1. The molecule has 1 nitrogen and oxygen atoms in total. The number of hydrogen-bond acceptors (Lipinski definition) is 1. The highest BCUT2D eigenvalue weighted by molar-refractivity contribution is 6.86. The Morgan fingerprint density at radius 1 is 1.19 bits per heavy atom. The lowest BCUT2D eigenvalue weighted by atomic mass is 10.2. The molecule has 0 amide bonds. The lowest BCUT2D eigenvalue weighted by Crippen LogP contribution is -2.47. The average Bonchev–Trinajstić information content (AvgIpc) is 2.30. The second-order valence-electron chi connectivity index (χ2n) is 3.74. The maximum atomic E-state index is 10.6. The van der Waals surface area contributed by atoms with Gasteiger partial charge in [0.1, 0.15) is 0 Å². The van der Waals surface area contributed by atoms with Crippen molar-refractivity contribution in [3.63, 3.8) is 0 Å². The van der Waals surface area contributed by atoms with Crippen molar-refractivity contribution in [3.8, 4) is 12.3 Å². The lowest BCUT2D eigenvalue weighted by molar-refractivity contribution is 0.557. The average molecular weight is 228 g/mol. The van der Waals surface area contributed by atoms with E-state index in [0.717, 1.165) is 10.8 Å². The number of allylic oxidation sites excluding steroid dienone is 2. The van der Waals surface area contributed by atoms with Gasteiger partial charge in [-0.25, -0.2) is 0 Å². The van der Waals surface area contributed by atoms with E-state index in [-0.39, 0.29) is 0 Å². The molecule has 0 radical (unpaired) electrons. The summed E-state index contributed by atoms with van der Waals surface area (Å²) in [6.45, 7) is 7.39. The van der Waals surface area contributed by atoms with Crippen molar-refractivity contribution < 1.29 is 4.80 Å². The Bertz CT molecular complexity index is 401. The number of rotatable bonds is 5. The standard InChI is InChI=1S/C14H16OSi/c1-4-11-16(15,12-5-2)14-9-7-13(6-3)8-10-14/h3-5,7-10,15H,1-2,11-12H2. The molecule has 0 heterocycles. The van der Waals surface area contributed by atoms with Crippen LogP contribution in [-0.2, 0) is 0 Å².